The second kappa shape index (κ2) is 7.77. The summed E-state index contributed by atoms with van der Waals surface area (Å²) in [5.74, 6) is 0.625. The molecule has 164 valence electrons. The summed E-state index contributed by atoms with van der Waals surface area (Å²) in [6.07, 6.45) is 7.26. The molecule has 0 spiro atoms. The van der Waals surface area contributed by atoms with Crippen molar-refractivity contribution in [3.05, 3.63) is 47.8 Å². The smallest absolute Gasteiger partial charge is 0.233 e. The summed E-state index contributed by atoms with van der Waals surface area (Å²) >= 11 is 0. The van der Waals surface area contributed by atoms with Crippen molar-refractivity contribution in [2.75, 3.05) is 26.2 Å². The molecule has 4 aliphatic rings. The molecule has 0 aromatic heterocycles. The topological polar surface area (TPSA) is 73.8 Å². The molecule has 7 heteroatoms. The first-order chi connectivity index (χ1) is 15.0. The summed E-state index contributed by atoms with van der Waals surface area (Å²) in [6, 6.07) is 6.71. The van der Waals surface area contributed by atoms with E-state index in [2.05, 4.69) is 22.8 Å². The number of hydrogen-bond acceptors (Lipinski definition) is 3. The number of imide groups is 1. The van der Waals surface area contributed by atoms with E-state index in [0.717, 1.165) is 31.4 Å². The standard InChI is InChI=1S/C24H29FN4O2/c1-2-26-23(28-14-24(9-10-24)17-5-7-18(25)8-6-17)27-11-12-29-21(30)19-15-3-4-16(13-15)20(19)22(29)31/h3-8,15-16,19-20H,2,9-14H2,1H3,(H2,26,27,28). The van der Waals surface area contributed by atoms with Crippen LogP contribution in [0.1, 0.15) is 31.7 Å². The highest BCUT2D eigenvalue weighted by molar-refractivity contribution is 6.06. The molecule has 31 heavy (non-hydrogen) atoms. The van der Waals surface area contributed by atoms with Gasteiger partial charge in [-0.25, -0.2) is 4.39 Å². The van der Waals surface area contributed by atoms with Crippen molar-refractivity contribution in [3.8, 4) is 0 Å². The third-order valence-corrected chi connectivity index (χ3v) is 7.38. The first-order valence-corrected chi connectivity index (χ1v) is 11.3. The minimum Gasteiger partial charge on any atom is -0.357 e. The lowest BCUT2D eigenvalue weighted by atomic mass is 9.85. The number of halogens is 1. The Labute approximate surface area is 182 Å². The lowest BCUT2D eigenvalue weighted by Gasteiger charge is -2.19. The molecule has 2 bridgehead atoms. The summed E-state index contributed by atoms with van der Waals surface area (Å²) < 4.78 is 13.3. The van der Waals surface area contributed by atoms with E-state index in [4.69, 9.17) is 4.99 Å². The van der Waals surface area contributed by atoms with E-state index >= 15 is 0 Å². The van der Waals surface area contributed by atoms with Gasteiger partial charge < -0.3 is 10.6 Å². The van der Waals surface area contributed by atoms with Gasteiger partial charge in [0.1, 0.15) is 5.82 Å². The van der Waals surface area contributed by atoms with E-state index in [-0.39, 0.29) is 46.7 Å². The van der Waals surface area contributed by atoms with Gasteiger partial charge in [0, 0.05) is 25.0 Å². The van der Waals surface area contributed by atoms with Crippen molar-refractivity contribution in [2.24, 2.45) is 28.7 Å². The Kier molecular flexibility index (Phi) is 5.07. The van der Waals surface area contributed by atoms with Crippen LogP contribution in [0.2, 0.25) is 0 Å². The lowest BCUT2D eigenvalue weighted by Crippen LogP contribution is -2.44. The fourth-order valence-electron chi connectivity index (χ4n) is 5.54. The fraction of sp³-hybridized carbons (Fsp3) is 0.542. The van der Waals surface area contributed by atoms with Gasteiger partial charge in [-0.2, -0.15) is 0 Å². The highest BCUT2D eigenvalue weighted by atomic mass is 19.1. The van der Waals surface area contributed by atoms with Crippen molar-refractivity contribution in [1.29, 1.82) is 0 Å². The molecule has 1 heterocycles. The van der Waals surface area contributed by atoms with Crippen LogP contribution >= 0.6 is 0 Å². The van der Waals surface area contributed by atoms with Gasteiger partial charge >= 0.3 is 0 Å². The summed E-state index contributed by atoms with van der Waals surface area (Å²) in [4.78, 5) is 31.8. The Morgan fingerprint density at radius 2 is 1.74 bits per heavy atom. The molecule has 2 saturated carbocycles. The predicted octanol–water partition coefficient (Wildman–Crippen LogP) is 2.22. The highest BCUT2D eigenvalue weighted by Crippen LogP contribution is 2.52. The number of allylic oxidation sites excluding steroid dienone is 2. The van der Waals surface area contributed by atoms with Gasteiger partial charge in [0.2, 0.25) is 11.8 Å². The maximum absolute atomic E-state index is 13.3. The molecular weight excluding hydrogens is 395 g/mol. The molecule has 3 aliphatic carbocycles. The molecular formula is C24H29FN4O2. The predicted molar refractivity (Wildman–Crippen MR) is 116 cm³/mol. The molecule has 2 N–H and O–H groups in total. The second-order valence-electron chi connectivity index (χ2n) is 9.24. The number of fused-ring (bicyclic) bond motifs is 5. The molecule has 6 nitrogen and oxygen atoms in total. The van der Waals surface area contributed by atoms with E-state index < -0.39 is 0 Å². The molecule has 3 fully saturated rings. The lowest BCUT2D eigenvalue weighted by molar-refractivity contribution is -0.140. The Morgan fingerprint density at radius 1 is 1.10 bits per heavy atom. The van der Waals surface area contributed by atoms with E-state index in [1.807, 2.05) is 19.1 Å². The van der Waals surface area contributed by atoms with Crippen molar-refractivity contribution in [2.45, 2.75) is 31.6 Å². The Bertz CT molecular complexity index is 907. The molecule has 2 amide bonds. The van der Waals surface area contributed by atoms with E-state index in [1.54, 1.807) is 0 Å². The largest absolute Gasteiger partial charge is 0.357 e. The average Bonchev–Trinajstić information content (AvgIpc) is 3.15. The number of rotatable bonds is 7. The number of amides is 2. The van der Waals surface area contributed by atoms with Crippen LogP contribution in [0.15, 0.2) is 41.4 Å². The zero-order valence-electron chi connectivity index (χ0n) is 17.8. The zero-order chi connectivity index (χ0) is 21.6. The van der Waals surface area contributed by atoms with E-state index in [0.29, 0.717) is 25.6 Å². The van der Waals surface area contributed by atoms with Crippen molar-refractivity contribution in [1.82, 2.24) is 15.5 Å². The molecule has 1 aliphatic heterocycles. The minimum absolute atomic E-state index is 0.0103. The first-order valence-electron chi connectivity index (χ1n) is 11.3. The Balaban J connectivity index is 1.18. The van der Waals surface area contributed by atoms with Gasteiger partial charge in [0.25, 0.3) is 0 Å². The fourth-order valence-corrected chi connectivity index (χ4v) is 5.54. The van der Waals surface area contributed by atoms with Gasteiger partial charge in [-0.1, -0.05) is 24.3 Å². The van der Waals surface area contributed by atoms with Gasteiger partial charge in [-0.15, -0.1) is 0 Å². The molecule has 1 aromatic rings. The molecule has 1 saturated heterocycles. The van der Waals surface area contributed by atoms with Crippen LogP contribution in [0.25, 0.3) is 0 Å². The SMILES string of the molecule is CCNC(=NCC1(c2ccc(F)cc2)CC1)NCCN1C(=O)C2C3C=CC(C3)C2C1=O. The third-order valence-electron chi connectivity index (χ3n) is 7.38. The Hall–Kier alpha value is -2.70. The quantitative estimate of drug-likeness (QED) is 0.305. The molecule has 1 aromatic carbocycles. The van der Waals surface area contributed by atoms with Gasteiger partial charge in [0.05, 0.1) is 18.4 Å². The monoisotopic (exact) mass is 424 g/mol. The van der Waals surface area contributed by atoms with Gasteiger partial charge in [-0.05, 0) is 55.7 Å². The van der Waals surface area contributed by atoms with Crippen LogP contribution in [-0.4, -0.2) is 48.9 Å². The molecule has 5 rings (SSSR count). The van der Waals surface area contributed by atoms with Crippen molar-refractivity contribution >= 4 is 17.8 Å². The first kappa shape index (κ1) is 20.2. The zero-order valence-corrected chi connectivity index (χ0v) is 17.8. The molecule has 4 atom stereocenters. The maximum Gasteiger partial charge on any atom is 0.233 e. The Morgan fingerprint density at radius 3 is 2.32 bits per heavy atom. The number of aliphatic imine (C=N–C) groups is 1. The van der Waals surface area contributed by atoms with E-state index in [9.17, 15) is 14.0 Å². The van der Waals surface area contributed by atoms with Crippen molar-refractivity contribution < 1.29 is 14.0 Å². The van der Waals surface area contributed by atoms with Gasteiger partial charge in [0.15, 0.2) is 5.96 Å². The number of carbonyl (C=O) groups is 2. The van der Waals surface area contributed by atoms with Crippen LogP contribution < -0.4 is 10.6 Å². The van der Waals surface area contributed by atoms with Crippen LogP contribution in [0.5, 0.6) is 0 Å². The van der Waals surface area contributed by atoms with Gasteiger partial charge in [-0.3, -0.25) is 19.5 Å². The van der Waals surface area contributed by atoms with Crippen LogP contribution in [0.3, 0.4) is 0 Å². The number of hydrogen-bond donors (Lipinski definition) is 2. The number of nitrogens with zero attached hydrogens (tertiary/aromatic N) is 2. The number of guanidine groups is 1. The summed E-state index contributed by atoms with van der Waals surface area (Å²) in [5, 5.41) is 6.51. The van der Waals surface area contributed by atoms with Crippen LogP contribution in [0.4, 0.5) is 4.39 Å². The molecule has 0 radical (unpaired) electrons. The summed E-state index contributed by atoms with van der Waals surface area (Å²) in [5.41, 5.74) is 1.11. The van der Waals surface area contributed by atoms with Crippen LogP contribution in [0, 0.1) is 29.5 Å². The summed E-state index contributed by atoms with van der Waals surface area (Å²) in [7, 11) is 0. The number of carbonyl (C=O) groups excluding carboxylic acids is 2. The number of benzene rings is 1. The third kappa shape index (κ3) is 3.54. The average molecular weight is 425 g/mol. The van der Waals surface area contributed by atoms with Crippen molar-refractivity contribution in [3.63, 3.8) is 0 Å². The normalized spacial score (nSPS) is 30.1. The number of likely N-dealkylation sites (tertiary alicyclic amines) is 1. The molecule has 4 unspecified atom stereocenters. The van der Waals surface area contributed by atoms with E-state index in [1.165, 1.54) is 17.0 Å². The van der Waals surface area contributed by atoms with Crippen LogP contribution in [-0.2, 0) is 15.0 Å². The minimum atomic E-state index is -0.225. The highest BCUT2D eigenvalue weighted by Gasteiger charge is 2.58. The maximum atomic E-state index is 13.3. The summed E-state index contributed by atoms with van der Waals surface area (Å²) in [6.45, 7) is 4.17. The number of nitrogens with one attached hydrogen (secondary N) is 2. The second-order valence-corrected chi connectivity index (χ2v) is 9.24.